The van der Waals surface area contributed by atoms with Crippen LogP contribution >= 0.6 is 0 Å². The molecule has 0 fully saturated rings. The van der Waals surface area contributed by atoms with E-state index in [9.17, 15) is 14.7 Å². The van der Waals surface area contributed by atoms with Gasteiger partial charge in [0.25, 0.3) is 5.91 Å². The zero-order chi connectivity index (χ0) is 22.5. The molecule has 6 nitrogen and oxygen atoms in total. The Morgan fingerprint density at radius 3 is 2.23 bits per heavy atom. The number of amides is 1. The molecular formula is C25H31N3O3. The number of likely N-dealkylation sites (N-methyl/N-ethyl adjacent to an activating group) is 1. The summed E-state index contributed by atoms with van der Waals surface area (Å²) in [6.07, 6.45) is 0.805. The van der Waals surface area contributed by atoms with Crippen molar-refractivity contribution in [1.82, 2.24) is 9.80 Å². The fourth-order valence-electron chi connectivity index (χ4n) is 3.82. The molecule has 1 heterocycles. The van der Waals surface area contributed by atoms with Gasteiger partial charge in [-0.15, -0.1) is 0 Å². The van der Waals surface area contributed by atoms with Crippen LogP contribution in [0.15, 0.2) is 65.9 Å². The van der Waals surface area contributed by atoms with Crippen molar-refractivity contribution in [3.8, 4) is 0 Å². The van der Waals surface area contributed by atoms with Crippen LogP contribution in [0.5, 0.6) is 0 Å². The van der Waals surface area contributed by atoms with Gasteiger partial charge >= 0.3 is 0 Å². The van der Waals surface area contributed by atoms with Crippen LogP contribution in [-0.2, 0) is 16.0 Å². The van der Waals surface area contributed by atoms with E-state index in [0.29, 0.717) is 19.5 Å². The lowest BCUT2D eigenvalue weighted by Crippen LogP contribution is -2.36. The minimum atomic E-state index is -0.577. The highest BCUT2D eigenvalue weighted by molar-refractivity contribution is 6.09. The molecule has 0 bridgehead atoms. The van der Waals surface area contributed by atoms with E-state index in [-0.39, 0.29) is 17.8 Å². The number of hydrogen-bond donors (Lipinski definition) is 1. The Hall–Kier alpha value is -3.12. The zero-order valence-corrected chi connectivity index (χ0v) is 18.7. The van der Waals surface area contributed by atoms with Gasteiger partial charge in [0.15, 0.2) is 11.5 Å². The largest absolute Gasteiger partial charge is 0.503 e. The summed E-state index contributed by atoms with van der Waals surface area (Å²) >= 11 is 0. The maximum Gasteiger partial charge on any atom is 0.290 e. The zero-order valence-electron chi connectivity index (χ0n) is 18.7. The molecular weight excluding hydrogens is 390 g/mol. The summed E-state index contributed by atoms with van der Waals surface area (Å²) in [7, 11) is 7.78. The summed E-state index contributed by atoms with van der Waals surface area (Å²) < 4.78 is 0. The summed E-state index contributed by atoms with van der Waals surface area (Å²) in [6, 6.07) is 17.0. The van der Waals surface area contributed by atoms with Gasteiger partial charge in [0.05, 0.1) is 11.6 Å². The lowest BCUT2D eigenvalue weighted by atomic mass is 9.93. The highest BCUT2D eigenvalue weighted by Crippen LogP contribution is 2.38. The van der Waals surface area contributed by atoms with Crippen molar-refractivity contribution in [1.29, 1.82) is 0 Å². The first kappa shape index (κ1) is 22.6. The molecule has 3 rings (SSSR count). The van der Waals surface area contributed by atoms with E-state index in [4.69, 9.17) is 0 Å². The number of aliphatic hydroxyl groups excluding tert-OH is 1. The van der Waals surface area contributed by atoms with Crippen LogP contribution in [-0.4, -0.2) is 67.9 Å². The Kier molecular flexibility index (Phi) is 7.13. The minimum absolute atomic E-state index is 0.191. The molecule has 2 aromatic rings. The number of carbonyl (C=O) groups excluding carboxylic acids is 2. The number of aliphatic hydroxyl groups is 1. The lowest BCUT2D eigenvalue weighted by Gasteiger charge is -2.28. The van der Waals surface area contributed by atoms with Crippen molar-refractivity contribution in [2.45, 2.75) is 18.9 Å². The van der Waals surface area contributed by atoms with Gasteiger partial charge in [0, 0.05) is 39.3 Å². The van der Waals surface area contributed by atoms with Crippen LogP contribution in [0.4, 0.5) is 5.69 Å². The van der Waals surface area contributed by atoms with Crippen molar-refractivity contribution < 1.29 is 14.7 Å². The van der Waals surface area contributed by atoms with Gasteiger partial charge in [0.2, 0.25) is 0 Å². The highest BCUT2D eigenvalue weighted by atomic mass is 16.3. The third kappa shape index (κ3) is 5.14. The van der Waals surface area contributed by atoms with Crippen LogP contribution in [0.25, 0.3) is 0 Å². The number of Topliss-reactive ketones (excluding diaryl/α,β-unsaturated/α-hetero) is 1. The Balaban J connectivity index is 1.91. The number of aryl methyl sites for hydroxylation is 1. The van der Waals surface area contributed by atoms with Crippen LogP contribution in [0.2, 0.25) is 0 Å². The molecule has 0 spiro atoms. The second-order valence-corrected chi connectivity index (χ2v) is 8.36. The molecule has 1 N–H and O–H groups in total. The van der Waals surface area contributed by atoms with Crippen molar-refractivity contribution in [2.75, 3.05) is 46.2 Å². The molecule has 2 aromatic carbocycles. The molecule has 1 aliphatic heterocycles. The smallest absolute Gasteiger partial charge is 0.290 e. The third-order valence-electron chi connectivity index (χ3n) is 5.60. The quantitative estimate of drug-likeness (QED) is 0.674. The molecule has 1 atom stereocenters. The van der Waals surface area contributed by atoms with Crippen LogP contribution in [0, 0.1) is 0 Å². The van der Waals surface area contributed by atoms with E-state index in [1.54, 1.807) is 4.90 Å². The van der Waals surface area contributed by atoms with E-state index in [1.165, 1.54) is 0 Å². The monoisotopic (exact) mass is 421 g/mol. The SMILES string of the molecule is CN(C)CCN1C(=O)C(O)=C(C(=O)CCc2ccccc2)C1c1ccc(N(C)C)cc1. The molecule has 0 saturated heterocycles. The maximum atomic E-state index is 13.2. The lowest BCUT2D eigenvalue weighted by molar-refractivity contribution is -0.129. The first-order valence-corrected chi connectivity index (χ1v) is 10.5. The van der Waals surface area contributed by atoms with Crippen molar-refractivity contribution in [3.05, 3.63) is 77.1 Å². The molecule has 0 aliphatic carbocycles. The van der Waals surface area contributed by atoms with E-state index >= 15 is 0 Å². The summed E-state index contributed by atoms with van der Waals surface area (Å²) in [6.45, 7) is 1.06. The Labute approximate surface area is 184 Å². The van der Waals surface area contributed by atoms with Gasteiger partial charge in [-0.1, -0.05) is 42.5 Å². The van der Waals surface area contributed by atoms with Gasteiger partial charge in [-0.25, -0.2) is 0 Å². The number of rotatable bonds is 9. The van der Waals surface area contributed by atoms with Gasteiger partial charge < -0.3 is 19.8 Å². The number of anilines is 1. The molecule has 1 unspecified atom stereocenters. The fourth-order valence-corrected chi connectivity index (χ4v) is 3.82. The molecule has 0 aromatic heterocycles. The van der Waals surface area contributed by atoms with E-state index in [0.717, 1.165) is 16.8 Å². The fraction of sp³-hybridized carbons (Fsp3) is 0.360. The van der Waals surface area contributed by atoms with Crippen molar-refractivity contribution in [2.24, 2.45) is 0 Å². The predicted molar refractivity (Wildman–Crippen MR) is 123 cm³/mol. The van der Waals surface area contributed by atoms with Gasteiger partial charge in [0.1, 0.15) is 0 Å². The highest BCUT2D eigenvalue weighted by Gasteiger charge is 2.42. The summed E-state index contributed by atoms with van der Waals surface area (Å²) in [5, 5.41) is 10.7. The third-order valence-corrected chi connectivity index (χ3v) is 5.60. The Morgan fingerprint density at radius 1 is 1.00 bits per heavy atom. The Bertz CT molecular complexity index is 950. The number of hydrogen-bond acceptors (Lipinski definition) is 5. The average molecular weight is 422 g/mol. The van der Waals surface area contributed by atoms with Gasteiger partial charge in [-0.3, -0.25) is 9.59 Å². The molecule has 31 heavy (non-hydrogen) atoms. The normalized spacial score (nSPS) is 16.4. The summed E-state index contributed by atoms with van der Waals surface area (Å²) in [4.78, 5) is 31.7. The maximum absolute atomic E-state index is 13.2. The number of ketones is 1. The van der Waals surface area contributed by atoms with Gasteiger partial charge in [-0.2, -0.15) is 0 Å². The standard InChI is InChI=1S/C25H31N3O3/c1-26(2)16-17-28-23(19-11-13-20(14-12-19)27(3)4)22(24(30)25(28)31)21(29)15-10-18-8-6-5-7-9-18/h5-9,11-14,23,30H,10,15-17H2,1-4H3. The summed E-state index contributed by atoms with van der Waals surface area (Å²) in [5.74, 6) is -1.09. The molecule has 6 heteroatoms. The minimum Gasteiger partial charge on any atom is -0.503 e. The van der Waals surface area contributed by atoms with Crippen LogP contribution in [0.1, 0.15) is 23.6 Å². The van der Waals surface area contributed by atoms with Gasteiger partial charge in [-0.05, 0) is 43.8 Å². The first-order valence-electron chi connectivity index (χ1n) is 10.5. The number of nitrogens with zero attached hydrogens (tertiary/aromatic N) is 3. The predicted octanol–water partition coefficient (Wildman–Crippen LogP) is 3.21. The second kappa shape index (κ2) is 9.79. The topological polar surface area (TPSA) is 64.1 Å². The molecule has 0 radical (unpaired) electrons. The number of carbonyl (C=O) groups is 2. The van der Waals surface area contributed by atoms with Crippen molar-refractivity contribution in [3.63, 3.8) is 0 Å². The van der Waals surface area contributed by atoms with E-state index < -0.39 is 17.7 Å². The van der Waals surface area contributed by atoms with E-state index in [2.05, 4.69) is 0 Å². The molecule has 1 amide bonds. The number of benzene rings is 2. The van der Waals surface area contributed by atoms with E-state index in [1.807, 2.05) is 92.6 Å². The molecule has 1 aliphatic rings. The Morgan fingerprint density at radius 2 is 1.65 bits per heavy atom. The molecule has 164 valence electrons. The molecule has 0 saturated carbocycles. The average Bonchev–Trinajstić information content (AvgIpc) is 3.01. The first-order chi connectivity index (χ1) is 14.8. The van der Waals surface area contributed by atoms with Crippen molar-refractivity contribution >= 4 is 17.4 Å². The second-order valence-electron chi connectivity index (χ2n) is 8.36. The summed E-state index contributed by atoms with van der Waals surface area (Å²) in [5.41, 5.74) is 3.11. The van der Waals surface area contributed by atoms with Crippen LogP contribution in [0.3, 0.4) is 0 Å². The van der Waals surface area contributed by atoms with Crippen LogP contribution < -0.4 is 4.90 Å².